The molecule has 4 rings (SSSR count). The van der Waals surface area contributed by atoms with Crippen molar-refractivity contribution < 1.29 is 9.18 Å². The lowest BCUT2D eigenvalue weighted by atomic mass is 10.2. The van der Waals surface area contributed by atoms with Gasteiger partial charge in [-0.1, -0.05) is 12.1 Å². The molecule has 8 heteroatoms. The Hall–Kier alpha value is -2.84. The van der Waals surface area contributed by atoms with Crippen LogP contribution in [0.3, 0.4) is 0 Å². The Labute approximate surface area is 162 Å². The summed E-state index contributed by atoms with van der Waals surface area (Å²) in [5.41, 5.74) is 2.32. The van der Waals surface area contributed by atoms with Gasteiger partial charge in [0.05, 0.1) is 11.3 Å². The molecule has 3 heterocycles. The topological polar surface area (TPSA) is 59.3 Å². The number of hydrogen-bond donors (Lipinski definition) is 1. The van der Waals surface area contributed by atoms with E-state index in [-0.39, 0.29) is 11.7 Å². The zero-order valence-electron chi connectivity index (χ0n) is 14.1. The van der Waals surface area contributed by atoms with Crippen LogP contribution in [0.2, 0.25) is 0 Å². The molecule has 136 valence electrons. The molecule has 0 bridgehead atoms. The molecule has 3 aromatic heterocycles. The van der Waals surface area contributed by atoms with Gasteiger partial charge in [0.2, 0.25) is 10.9 Å². The highest BCUT2D eigenvalue weighted by molar-refractivity contribution is 7.15. The molecule has 0 aliphatic heterocycles. The summed E-state index contributed by atoms with van der Waals surface area (Å²) >= 11 is 3.03. The van der Waals surface area contributed by atoms with E-state index >= 15 is 0 Å². The molecule has 0 atom stereocenters. The second kappa shape index (κ2) is 7.81. The van der Waals surface area contributed by atoms with Gasteiger partial charge in [0.25, 0.3) is 0 Å². The standard InChI is InChI=1S/C19H15FN4OS2/c20-16-4-2-1-3-15(16)18-22-19-24(23-18)14(12-27-19)7-9-21-17(25)6-5-13-8-10-26-11-13/h1-6,8,10-12H,7,9H2,(H,21,25). The SMILES string of the molecule is O=C(C=Cc1ccsc1)NCCc1csc2nc(-c3ccccc3F)nn12. The van der Waals surface area contributed by atoms with Gasteiger partial charge >= 0.3 is 0 Å². The summed E-state index contributed by atoms with van der Waals surface area (Å²) in [7, 11) is 0. The summed E-state index contributed by atoms with van der Waals surface area (Å²) in [4.78, 5) is 17.0. The molecule has 5 nitrogen and oxygen atoms in total. The monoisotopic (exact) mass is 398 g/mol. The first-order valence-electron chi connectivity index (χ1n) is 8.27. The molecule has 0 fully saturated rings. The molecule has 1 aromatic carbocycles. The van der Waals surface area contributed by atoms with Crippen LogP contribution in [-0.4, -0.2) is 27.0 Å². The fourth-order valence-electron chi connectivity index (χ4n) is 2.57. The summed E-state index contributed by atoms with van der Waals surface area (Å²) in [5, 5.41) is 13.2. The quantitative estimate of drug-likeness (QED) is 0.499. The smallest absolute Gasteiger partial charge is 0.244 e. The summed E-state index contributed by atoms with van der Waals surface area (Å²) < 4.78 is 15.6. The number of halogens is 1. The van der Waals surface area contributed by atoms with Gasteiger partial charge in [-0.25, -0.2) is 8.91 Å². The maximum absolute atomic E-state index is 13.9. The molecule has 0 saturated heterocycles. The van der Waals surface area contributed by atoms with Crippen molar-refractivity contribution in [2.24, 2.45) is 0 Å². The molecular formula is C19H15FN4OS2. The normalized spacial score (nSPS) is 11.4. The molecule has 4 aromatic rings. The van der Waals surface area contributed by atoms with Gasteiger partial charge in [-0.3, -0.25) is 4.79 Å². The van der Waals surface area contributed by atoms with E-state index in [9.17, 15) is 9.18 Å². The van der Waals surface area contributed by atoms with Gasteiger partial charge in [0.15, 0.2) is 5.82 Å². The molecule has 27 heavy (non-hydrogen) atoms. The molecule has 0 unspecified atom stereocenters. The third kappa shape index (κ3) is 3.96. The van der Waals surface area contributed by atoms with Gasteiger partial charge in [0.1, 0.15) is 5.82 Å². The van der Waals surface area contributed by atoms with Crippen LogP contribution in [0.1, 0.15) is 11.3 Å². The van der Waals surface area contributed by atoms with Crippen molar-refractivity contribution in [3.05, 3.63) is 69.6 Å². The van der Waals surface area contributed by atoms with Crippen LogP contribution in [0.5, 0.6) is 0 Å². The number of thiazole rings is 1. The van der Waals surface area contributed by atoms with Crippen molar-refractivity contribution in [1.82, 2.24) is 19.9 Å². The highest BCUT2D eigenvalue weighted by Crippen LogP contribution is 2.23. The molecular weight excluding hydrogens is 383 g/mol. The Kier molecular flexibility index (Phi) is 5.08. The first-order chi connectivity index (χ1) is 13.2. The second-order valence-corrected chi connectivity index (χ2v) is 7.38. The molecule has 0 saturated carbocycles. The molecule has 1 N–H and O–H groups in total. The molecule has 0 spiro atoms. The average Bonchev–Trinajstić information content (AvgIpc) is 3.39. The fraction of sp³-hybridized carbons (Fsp3) is 0.105. The van der Waals surface area contributed by atoms with Crippen LogP contribution < -0.4 is 5.32 Å². The zero-order chi connectivity index (χ0) is 18.6. The van der Waals surface area contributed by atoms with E-state index in [1.165, 1.54) is 23.5 Å². The van der Waals surface area contributed by atoms with Gasteiger partial charge in [-0.15, -0.1) is 16.4 Å². The van der Waals surface area contributed by atoms with Crippen LogP contribution in [0.15, 0.2) is 52.5 Å². The van der Waals surface area contributed by atoms with E-state index in [0.29, 0.717) is 29.3 Å². The summed E-state index contributed by atoms with van der Waals surface area (Å²) in [6, 6.07) is 8.40. The molecule has 0 aliphatic carbocycles. The van der Waals surface area contributed by atoms with E-state index in [2.05, 4.69) is 15.4 Å². The number of rotatable bonds is 6. The number of fused-ring (bicyclic) bond motifs is 1. The van der Waals surface area contributed by atoms with Gasteiger partial charge in [0, 0.05) is 24.4 Å². The Morgan fingerprint density at radius 1 is 1.26 bits per heavy atom. The minimum Gasteiger partial charge on any atom is -0.352 e. The second-order valence-electron chi connectivity index (χ2n) is 5.77. The number of carbonyl (C=O) groups excluding carboxylic acids is 1. The minimum absolute atomic E-state index is 0.140. The summed E-state index contributed by atoms with van der Waals surface area (Å²) in [6.45, 7) is 0.480. The van der Waals surface area contributed by atoms with Crippen LogP contribution in [-0.2, 0) is 11.2 Å². The minimum atomic E-state index is -0.345. The third-order valence-electron chi connectivity index (χ3n) is 3.92. The van der Waals surface area contributed by atoms with E-state index in [1.807, 2.05) is 22.2 Å². The molecule has 1 amide bonds. The number of thiophene rings is 1. The summed E-state index contributed by atoms with van der Waals surface area (Å²) in [6.07, 6.45) is 3.92. The third-order valence-corrected chi connectivity index (χ3v) is 5.48. The van der Waals surface area contributed by atoms with Crippen molar-refractivity contribution in [3.8, 4) is 11.4 Å². The Bertz CT molecular complexity index is 1100. The van der Waals surface area contributed by atoms with Crippen LogP contribution in [0.4, 0.5) is 4.39 Å². The first-order valence-corrected chi connectivity index (χ1v) is 10.1. The van der Waals surface area contributed by atoms with Crippen molar-refractivity contribution in [2.75, 3.05) is 6.54 Å². The van der Waals surface area contributed by atoms with Crippen molar-refractivity contribution in [1.29, 1.82) is 0 Å². The van der Waals surface area contributed by atoms with Crippen LogP contribution in [0.25, 0.3) is 22.4 Å². The van der Waals surface area contributed by atoms with E-state index in [1.54, 1.807) is 40.1 Å². The highest BCUT2D eigenvalue weighted by atomic mass is 32.1. The number of nitrogens with zero attached hydrogens (tertiary/aromatic N) is 3. The predicted molar refractivity (Wildman–Crippen MR) is 106 cm³/mol. The van der Waals surface area contributed by atoms with Crippen LogP contribution in [0, 0.1) is 5.82 Å². The van der Waals surface area contributed by atoms with E-state index in [0.717, 1.165) is 11.3 Å². The number of amides is 1. The highest BCUT2D eigenvalue weighted by Gasteiger charge is 2.14. The lowest BCUT2D eigenvalue weighted by Crippen LogP contribution is -2.23. The average molecular weight is 398 g/mol. The Balaban J connectivity index is 1.41. The Morgan fingerprint density at radius 2 is 2.15 bits per heavy atom. The number of aromatic nitrogens is 3. The zero-order valence-corrected chi connectivity index (χ0v) is 15.8. The maximum Gasteiger partial charge on any atom is 0.244 e. The summed E-state index contributed by atoms with van der Waals surface area (Å²) in [5.74, 6) is -0.121. The molecule has 0 radical (unpaired) electrons. The molecule has 0 aliphatic rings. The number of hydrogen-bond acceptors (Lipinski definition) is 5. The van der Waals surface area contributed by atoms with Gasteiger partial charge in [-0.2, -0.15) is 16.3 Å². The van der Waals surface area contributed by atoms with Crippen LogP contribution >= 0.6 is 22.7 Å². The lowest BCUT2D eigenvalue weighted by Gasteiger charge is -2.01. The van der Waals surface area contributed by atoms with Crippen molar-refractivity contribution >= 4 is 39.6 Å². The maximum atomic E-state index is 13.9. The Morgan fingerprint density at radius 3 is 2.96 bits per heavy atom. The largest absolute Gasteiger partial charge is 0.352 e. The van der Waals surface area contributed by atoms with E-state index < -0.39 is 0 Å². The fourth-order valence-corrected chi connectivity index (χ4v) is 4.05. The van der Waals surface area contributed by atoms with Crippen molar-refractivity contribution in [2.45, 2.75) is 6.42 Å². The number of carbonyl (C=O) groups is 1. The van der Waals surface area contributed by atoms with Gasteiger partial charge < -0.3 is 5.32 Å². The number of nitrogens with one attached hydrogen (secondary N) is 1. The van der Waals surface area contributed by atoms with E-state index in [4.69, 9.17) is 0 Å². The lowest BCUT2D eigenvalue weighted by molar-refractivity contribution is -0.116. The predicted octanol–water partition coefficient (Wildman–Crippen LogP) is 4.03. The van der Waals surface area contributed by atoms with Crippen molar-refractivity contribution in [3.63, 3.8) is 0 Å². The number of benzene rings is 1. The van der Waals surface area contributed by atoms with Gasteiger partial charge in [-0.05, 0) is 40.6 Å². The first kappa shape index (κ1) is 17.6.